The number of ether oxygens (including phenoxy) is 1. The number of hydrogen-bond acceptors (Lipinski definition) is 5. The number of amides is 1. The van der Waals surface area contributed by atoms with Crippen molar-refractivity contribution in [2.24, 2.45) is 0 Å². The summed E-state index contributed by atoms with van der Waals surface area (Å²) >= 11 is 0. The van der Waals surface area contributed by atoms with E-state index < -0.39 is 12.3 Å². The van der Waals surface area contributed by atoms with Gasteiger partial charge in [-0.2, -0.15) is 0 Å². The van der Waals surface area contributed by atoms with Crippen LogP contribution in [0.5, 0.6) is 5.75 Å². The van der Waals surface area contributed by atoms with Crippen molar-refractivity contribution in [3.8, 4) is 5.75 Å². The maximum Gasteiger partial charge on any atom is 0.573 e. The lowest BCUT2D eigenvalue weighted by atomic mass is 10.2. The molecule has 23 heavy (non-hydrogen) atoms. The number of aryl methyl sites for hydroxylation is 1. The lowest BCUT2D eigenvalue weighted by molar-refractivity contribution is -0.274. The number of nitrogens with one attached hydrogen (secondary N) is 1. The zero-order chi connectivity index (χ0) is 16.9. The van der Waals surface area contributed by atoms with Gasteiger partial charge in [0.1, 0.15) is 5.75 Å². The van der Waals surface area contributed by atoms with Gasteiger partial charge in [-0.1, -0.05) is 12.1 Å². The smallest absolute Gasteiger partial charge is 0.424 e. The van der Waals surface area contributed by atoms with E-state index >= 15 is 0 Å². The largest absolute Gasteiger partial charge is 0.573 e. The van der Waals surface area contributed by atoms with Crippen molar-refractivity contribution in [3.63, 3.8) is 0 Å². The molecule has 0 bridgehead atoms. The summed E-state index contributed by atoms with van der Waals surface area (Å²) in [6, 6.07) is 5.11. The van der Waals surface area contributed by atoms with E-state index in [2.05, 4.69) is 20.3 Å². The molecule has 1 amide bonds. The fourth-order valence-corrected chi connectivity index (χ4v) is 1.58. The molecule has 0 spiro atoms. The topological polar surface area (TPSA) is 77.2 Å². The molecule has 122 valence electrons. The number of nitrogens with zero attached hydrogens (tertiary/aromatic N) is 2. The van der Waals surface area contributed by atoms with E-state index in [0.29, 0.717) is 11.5 Å². The van der Waals surface area contributed by atoms with Crippen LogP contribution in [0.15, 0.2) is 34.8 Å². The highest BCUT2D eigenvalue weighted by atomic mass is 19.4. The standard InChI is InChI=1S/C14H12F3N3O3/c1-9-19-20-13(22-9)8-18-12(21)7-4-10-2-5-11(6-3-10)23-14(15,16)17/h2-7H,8H2,1H3,(H,18,21)/b7-4-. The van der Waals surface area contributed by atoms with Gasteiger partial charge in [0.05, 0.1) is 6.54 Å². The Morgan fingerprint density at radius 1 is 1.30 bits per heavy atom. The molecule has 6 nitrogen and oxygen atoms in total. The quantitative estimate of drug-likeness (QED) is 0.854. The summed E-state index contributed by atoms with van der Waals surface area (Å²) in [6.45, 7) is 1.72. The van der Waals surface area contributed by atoms with Gasteiger partial charge in [-0.3, -0.25) is 4.79 Å². The molecule has 0 radical (unpaired) electrons. The number of carbonyl (C=O) groups is 1. The molecule has 1 aromatic carbocycles. The van der Waals surface area contributed by atoms with E-state index in [0.717, 1.165) is 12.1 Å². The molecule has 0 aliphatic heterocycles. The minimum atomic E-state index is -4.73. The Morgan fingerprint density at radius 3 is 2.57 bits per heavy atom. The molecule has 1 N–H and O–H groups in total. The van der Waals surface area contributed by atoms with Crippen LogP contribution in [-0.2, 0) is 11.3 Å². The zero-order valence-corrected chi connectivity index (χ0v) is 11.9. The molecular weight excluding hydrogens is 315 g/mol. The van der Waals surface area contributed by atoms with Crippen LogP contribution >= 0.6 is 0 Å². The molecular formula is C14H12F3N3O3. The van der Waals surface area contributed by atoms with E-state index in [4.69, 9.17) is 4.42 Å². The summed E-state index contributed by atoms with van der Waals surface area (Å²) in [7, 11) is 0. The average molecular weight is 327 g/mol. The Hall–Kier alpha value is -2.84. The summed E-state index contributed by atoms with van der Waals surface area (Å²) in [5.41, 5.74) is 0.545. The second kappa shape index (κ2) is 6.95. The summed E-state index contributed by atoms with van der Waals surface area (Å²) in [4.78, 5) is 11.6. The summed E-state index contributed by atoms with van der Waals surface area (Å²) in [6.07, 6.45) is -2.04. The Balaban J connectivity index is 1.85. The van der Waals surface area contributed by atoms with Gasteiger partial charge in [0.25, 0.3) is 0 Å². The Kier molecular flexibility index (Phi) is 4.99. The van der Waals surface area contributed by atoms with Crippen LogP contribution in [-0.4, -0.2) is 22.5 Å². The fraction of sp³-hybridized carbons (Fsp3) is 0.214. The van der Waals surface area contributed by atoms with Gasteiger partial charge in [-0.15, -0.1) is 23.4 Å². The molecule has 0 atom stereocenters. The van der Waals surface area contributed by atoms with Crippen molar-refractivity contribution in [2.45, 2.75) is 19.8 Å². The van der Waals surface area contributed by atoms with Gasteiger partial charge >= 0.3 is 6.36 Å². The zero-order valence-electron chi connectivity index (χ0n) is 11.9. The summed E-state index contributed by atoms with van der Waals surface area (Å²) in [5, 5.41) is 9.86. The molecule has 2 aromatic rings. The predicted molar refractivity (Wildman–Crippen MR) is 73.0 cm³/mol. The number of halogens is 3. The second-order valence-electron chi connectivity index (χ2n) is 4.38. The van der Waals surface area contributed by atoms with Gasteiger partial charge in [0.15, 0.2) is 0 Å². The van der Waals surface area contributed by atoms with E-state index in [1.165, 1.54) is 24.3 Å². The first-order chi connectivity index (χ1) is 10.8. The van der Waals surface area contributed by atoms with Gasteiger partial charge < -0.3 is 14.5 Å². The second-order valence-corrected chi connectivity index (χ2v) is 4.38. The lowest BCUT2D eigenvalue weighted by Gasteiger charge is -2.08. The first-order valence-electron chi connectivity index (χ1n) is 6.42. The fourth-order valence-electron chi connectivity index (χ4n) is 1.58. The minimum absolute atomic E-state index is 0.0857. The van der Waals surface area contributed by atoms with Crippen LogP contribution in [0.25, 0.3) is 6.08 Å². The van der Waals surface area contributed by atoms with Crippen molar-refractivity contribution in [3.05, 3.63) is 47.7 Å². The maximum absolute atomic E-state index is 12.0. The van der Waals surface area contributed by atoms with Crippen LogP contribution < -0.4 is 10.1 Å². The van der Waals surface area contributed by atoms with Crippen LogP contribution in [0.1, 0.15) is 17.3 Å². The van der Waals surface area contributed by atoms with E-state index in [1.807, 2.05) is 0 Å². The van der Waals surface area contributed by atoms with Crippen molar-refractivity contribution < 1.29 is 27.1 Å². The lowest BCUT2D eigenvalue weighted by Crippen LogP contribution is -2.20. The number of rotatable bonds is 5. The average Bonchev–Trinajstić information content (AvgIpc) is 2.88. The Labute approximate surface area is 129 Å². The van der Waals surface area contributed by atoms with Crippen molar-refractivity contribution in [1.82, 2.24) is 15.5 Å². The SMILES string of the molecule is Cc1nnc(CNC(=O)/C=C\c2ccc(OC(F)(F)F)cc2)o1. The minimum Gasteiger partial charge on any atom is -0.424 e. The van der Waals surface area contributed by atoms with Crippen molar-refractivity contribution in [2.75, 3.05) is 0 Å². The summed E-state index contributed by atoms with van der Waals surface area (Å²) < 4.78 is 44.9. The van der Waals surface area contributed by atoms with E-state index in [9.17, 15) is 18.0 Å². The van der Waals surface area contributed by atoms with Gasteiger partial charge in [-0.05, 0) is 23.8 Å². The molecule has 9 heteroatoms. The number of alkyl halides is 3. The number of hydrogen-bond donors (Lipinski definition) is 1. The highest BCUT2D eigenvalue weighted by Crippen LogP contribution is 2.22. The van der Waals surface area contributed by atoms with Crippen LogP contribution in [0.3, 0.4) is 0 Å². The number of carbonyl (C=O) groups excluding carboxylic acids is 1. The molecule has 1 aromatic heterocycles. The van der Waals surface area contributed by atoms with Crippen molar-refractivity contribution >= 4 is 12.0 Å². The predicted octanol–water partition coefficient (Wildman–Crippen LogP) is 2.61. The Bertz CT molecular complexity index is 693. The van der Waals surface area contributed by atoms with Gasteiger partial charge in [-0.25, -0.2) is 0 Å². The highest BCUT2D eigenvalue weighted by Gasteiger charge is 2.30. The molecule has 0 saturated heterocycles. The molecule has 0 fully saturated rings. The first-order valence-corrected chi connectivity index (χ1v) is 6.42. The highest BCUT2D eigenvalue weighted by molar-refractivity contribution is 5.91. The third-order valence-corrected chi connectivity index (χ3v) is 2.52. The monoisotopic (exact) mass is 327 g/mol. The normalized spacial score (nSPS) is 11.7. The van der Waals surface area contributed by atoms with Crippen LogP contribution in [0, 0.1) is 6.92 Å². The summed E-state index contributed by atoms with van der Waals surface area (Å²) in [5.74, 6) is -0.0637. The van der Waals surface area contributed by atoms with Crippen LogP contribution in [0.4, 0.5) is 13.2 Å². The van der Waals surface area contributed by atoms with Gasteiger partial charge in [0, 0.05) is 13.0 Å². The third-order valence-electron chi connectivity index (χ3n) is 2.52. The Morgan fingerprint density at radius 2 is 2.00 bits per heavy atom. The number of aromatic nitrogens is 2. The molecule has 0 aliphatic carbocycles. The molecule has 1 heterocycles. The molecule has 0 unspecified atom stereocenters. The molecule has 0 saturated carbocycles. The molecule has 2 rings (SSSR count). The maximum atomic E-state index is 12.0. The van der Waals surface area contributed by atoms with E-state index in [1.54, 1.807) is 6.92 Å². The molecule has 0 aliphatic rings. The van der Waals surface area contributed by atoms with Gasteiger partial charge in [0.2, 0.25) is 17.7 Å². The van der Waals surface area contributed by atoms with E-state index in [-0.39, 0.29) is 18.2 Å². The first kappa shape index (κ1) is 16.5. The van der Waals surface area contributed by atoms with Crippen molar-refractivity contribution in [1.29, 1.82) is 0 Å². The number of benzene rings is 1. The third kappa shape index (κ3) is 5.81. The van der Waals surface area contributed by atoms with Crippen LogP contribution in [0.2, 0.25) is 0 Å².